The summed E-state index contributed by atoms with van der Waals surface area (Å²) >= 11 is 0. The van der Waals surface area contributed by atoms with Gasteiger partial charge in [-0.05, 0) is 31.9 Å². The van der Waals surface area contributed by atoms with Crippen molar-refractivity contribution >= 4 is 0 Å². The lowest BCUT2D eigenvalue weighted by Gasteiger charge is -2.41. The van der Waals surface area contributed by atoms with E-state index in [4.69, 9.17) is 9.47 Å². The van der Waals surface area contributed by atoms with Crippen LogP contribution >= 0.6 is 0 Å². The SMILES string of the molecule is CCOC1(C(O)c2cc(C)ccc2C)CCOCC1. The van der Waals surface area contributed by atoms with Gasteiger partial charge in [0.25, 0.3) is 0 Å². The Bertz CT molecular complexity index is 416. The van der Waals surface area contributed by atoms with E-state index in [1.54, 1.807) is 0 Å². The maximum absolute atomic E-state index is 10.9. The first-order valence-electron chi connectivity index (χ1n) is 7.06. The normalized spacial score (nSPS) is 20.2. The molecule has 0 spiro atoms. The predicted molar refractivity (Wildman–Crippen MR) is 75.3 cm³/mol. The van der Waals surface area contributed by atoms with Crippen LogP contribution in [0, 0.1) is 13.8 Å². The molecule has 0 radical (unpaired) electrons. The third-order valence-electron chi connectivity index (χ3n) is 4.00. The molecule has 1 aromatic carbocycles. The predicted octanol–water partition coefficient (Wildman–Crippen LogP) is 2.92. The highest BCUT2D eigenvalue weighted by atomic mass is 16.5. The van der Waals surface area contributed by atoms with Crippen molar-refractivity contribution in [2.24, 2.45) is 0 Å². The largest absolute Gasteiger partial charge is 0.385 e. The van der Waals surface area contributed by atoms with E-state index in [2.05, 4.69) is 18.2 Å². The van der Waals surface area contributed by atoms with Crippen LogP contribution < -0.4 is 0 Å². The zero-order valence-electron chi connectivity index (χ0n) is 12.1. The van der Waals surface area contributed by atoms with Gasteiger partial charge in [-0.1, -0.05) is 23.8 Å². The van der Waals surface area contributed by atoms with E-state index in [0.717, 1.165) is 24.0 Å². The highest BCUT2D eigenvalue weighted by Crippen LogP contribution is 2.39. The van der Waals surface area contributed by atoms with Crippen molar-refractivity contribution in [2.45, 2.75) is 45.3 Å². The van der Waals surface area contributed by atoms with Gasteiger partial charge in [0.2, 0.25) is 0 Å². The summed E-state index contributed by atoms with van der Waals surface area (Å²) in [5, 5.41) is 10.9. The molecule has 1 aliphatic rings. The zero-order chi connectivity index (χ0) is 13.9. The minimum Gasteiger partial charge on any atom is -0.385 e. The van der Waals surface area contributed by atoms with Crippen LogP contribution in [0.3, 0.4) is 0 Å². The second-order valence-electron chi connectivity index (χ2n) is 5.37. The fraction of sp³-hybridized carbons (Fsp3) is 0.625. The summed E-state index contributed by atoms with van der Waals surface area (Å²) in [5.74, 6) is 0. The Morgan fingerprint density at radius 1 is 1.32 bits per heavy atom. The smallest absolute Gasteiger partial charge is 0.108 e. The molecule has 2 rings (SSSR count). The molecule has 1 fully saturated rings. The molecule has 0 aromatic heterocycles. The number of hydrogen-bond donors (Lipinski definition) is 1. The Balaban J connectivity index is 2.32. The summed E-state index contributed by atoms with van der Waals surface area (Å²) in [6.45, 7) is 7.99. The molecule has 3 nitrogen and oxygen atoms in total. The van der Waals surface area contributed by atoms with E-state index in [-0.39, 0.29) is 0 Å². The summed E-state index contributed by atoms with van der Waals surface area (Å²) in [6.07, 6.45) is 0.904. The zero-order valence-corrected chi connectivity index (χ0v) is 12.1. The Morgan fingerprint density at radius 3 is 2.63 bits per heavy atom. The van der Waals surface area contributed by atoms with Gasteiger partial charge in [-0.2, -0.15) is 0 Å². The minimum absolute atomic E-state index is 0.494. The van der Waals surface area contributed by atoms with Crippen molar-refractivity contribution < 1.29 is 14.6 Å². The minimum atomic E-state index is -0.587. The molecule has 1 heterocycles. The molecule has 1 N–H and O–H groups in total. The molecular weight excluding hydrogens is 240 g/mol. The Hall–Kier alpha value is -0.900. The van der Waals surface area contributed by atoms with Crippen LogP contribution in [-0.2, 0) is 9.47 Å². The highest BCUT2D eigenvalue weighted by molar-refractivity contribution is 5.33. The van der Waals surface area contributed by atoms with Crippen LogP contribution in [0.4, 0.5) is 0 Å². The third kappa shape index (κ3) is 2.99. The van der Waals surface area contributed by atoms with E-state index < -0.39 is 11.7 Å². The number of aryl methyl sites for hydroxylation is 2. The average molecular weight is 264 g/mol. The number of rotatable bonds is 4. The molecule has 1 atom stereocenters. The highest BCUT2D eigenvalue weighted by Gasteiger charge is 2.41. The van der Waals surface area contributed by atoms with Crippen LogP contribution in [0.2, 0.25) is 0 Å². The van der Waals surface area contributed by atoms with E-state index in [0.29, 0.717) is 19.8 Å². The number of hydrogen-bond acceptors (Lipinski definition) is 3. The molecule has 0 bridgehead atoms. The van der Waals surface area contributed by atoms with Gasteiger partial charge in [-0.15, -0.1) is 0 Å². The van der Waals surface area contributed by atoms with Crippen LogP contribution in [-0.4, -0.2) is 30.5 Å². The molecule has 1 saturated heterocycles. The third-order valence-corrected chi connectivity index (χ3v) is 4.00. The standard InChI is InChI=1S/C16H24O3/c1-4-19-16(7-9-18-10-8-16)15(17)14-11-12(2)5-6-13(14)3/h5-6,11,15,17H,4,7-10H2,1-3H3. The van der Waals surface area contributed by atoms with Gasteiger partial charge in [-0.25, -0.2) is 0 Å². The summed E-state index contributed by atoms with van der Waals surface area (Å²) in [7, 11) is 0. The molecule has 0 aliphatic carbocycles. The van der Waals surface area contributed by atoms with Crippen LogP contribution in [0.5, 0.6) is 0 Å². The van der Waals surface area contributed by atoms with Gasteiger partial charge in [0, 0.05) is 32.7 Å². The van der Waals surface area contributed by atoms with Gasteiger partial charge < -0.3 is 14.6 Å². The molecule has 0 amide bonds. The molecule has 106 valence electrons. The molecule has 3 heteroatoms. The fourth-order valence-corrected chi connectivity index (χ4v) is 2.84. The van der Waals surface area contributed by atoms with Crippen molar-refractivity contribution in [2.75, 3.05) is 19.8 Å². The summed E-state index contributed by atoms with van der Waals surface area (Å²) in [4.78, 5) is 0. The molecule has 19 heavy (non-hydrogen) atoms. The Kier molecular flexibility index (Phi) is 4.61. The van der Waals surface area contributed by atoms with Crippen LogP contribution in [0.25, 0.3) is 0 Å². The Morgan fingerprint density at radius 2 is 2.00 bits per heavy atom. The molecular formula is C16H24O3. The van der Waals surface area contributed by atoms with Crippen molar-refractivity contribution in [1.82, 2.24) is 0 Å². The van der Waals surface area contributed by atoms with Crippen molar-refractivity contribution in [3.8, 4) is 0 Å². The fourth-order valence-electron chi connectivity index (χ4n) is 2.84. The topological polar surface area (TPSA) is 38.7 Å². The van der Waals surface area contributed by atoms with Crippen molar-refractivity contribution in [3.63, 3.8) is 0 Å². The lowest BCUT2D eigenvalue weighted by atomic mass is 9.82. The molecule has 1 aromatic rings. The molecule has 1 unspecified atom stereocenters. The number of aliphatic hydroxyl groups excluding tert-OH is 1. The van der Waals surface area contributed by atoms with Gasteiger partial charge in [0.1, 0.15) is 11.7 Å². The van der Waals surface area contributed by atoms with Gasteiger partial charge in [0.15, 0.2) is 0 Å². The average Bonchev–Trinajstić information content (AvgIpc) is 2.42. The summed E-state index contributed by atoms with van der Waals surface area (Å²) in [5.41, 5.74) is 2.77. The van der Waals surface area contributed by atoms with Crippen LogP contribution in [0.15, 0.2) is 18.2 Å². The number of aliphatic hydroxyl groups is 1. The lowest BCUT2D eigenvalue weighted by molar-refractivity contribution is -0.168. The summed E-state index contributed by atoms with van der Waals surface area (Å²) < 4.78 is 11.4. The monoisotopic (exact) mass is 264 g/mol. The van der Waals surface area contributed by atoms with Gasteiger partial charge in [-0.3, -0.25) is 0 Å². The first kappa shape index (κ1) is 14.5. The second kappa shape index (κ2) is 6.04. The van der Waals surface area contributed by atoms with Gasteiger partial charge in [0.05, 0.1) is 0 Å². The van der Waals surface area contributed by atoms with E-state index >= 15 is 0 Å². The van der Waals surface area contributed by atoms with Gasteiger partial charge >= 0.3 is 0 Å². The maximum Gasteiger partial charge on any atom is 0.108 e. The maximum atomic E-state index is 10.9. The summed E-state index contributed by atoms with van der Waals surface area (Å²) in [6, 6.07) is 6.20. The lowest BCUT2D eigenvalue weighted by Crippen LogP contribution is -2.44. The van der Waals surface area contributed by atoms with Crippen molar-refractivity contribution in [1.29, 1.82) is 0 Å². The quantitative estimate of drug-likeness (QED) is 0.908. The van der Waals surface area contributed by atoms with Crippen molar-refractivity contribution in [3.05, 3.63) is 34.9 Å². The molecule has 1 aliphatic heterocycles. The van der Waals surface area contributed by atoms with E-state index in [1.807, 2.05) is 20.8 Å². The second-order valence-corrected chi connectivity index (χ2v) is 5.37. The number of ether oxygens (including phenoxy) is 2. The Labute approximate surface area is 115 Å². The molecule has 0 saturated carbocycles. The first-order valence-corrected chi connectivity index (χ1v) is 7.06. The van der Waals surface area contributed by atoms with E-state index in [1.165, 1.54) is 5.56 Å². The number of benzene rings is 1. The first-order chi connectivity index (χ1) is 9.09. The van der Waals surface area contributed by atoms with E-state index in [9.17, 15) is 5.11 Å². The van der Waals surface area contributed by atoms with Crippen LogP contribution in [0.1, 0.15) is 42.6 Å².